The topological polar surface area (TPSA) is 49.4 Å². The number of thiocarbonyl (C=S) groups is 1. The van der Waals surface area contributed by atoms with E-state index >= 15 is 0 Å². The first-order valence-electron chi connectivity index (χ1n) is 7.45. The number of carbonyl (C=O) groups excluding carboxylic acids is 2. The van der Waals surface area contributed by atoms with Gasteiger partial charge in [0.2, 0.25) is 0 Å². The van der Waals surface area contributed by atoms with Gasteiger partial charge in [0, 0.05) is 0 Å². The van der Waals surface area contributed by atoms with E-state index in [9.17, 15) is 14.0 Å². The third-order valence-corrected chi connectivity index (χ3v) is 3.82. The number of nitrogens with one attached hydrogen (secondary N) is 1. The van der Waals surface area contributed by atoms with E-state index in [4.69, 9.17) is 12.2 Å². The highest BCUT2D eigenvalue weighted by Crippen LogP contribution is 2.21. The molecule has 0 saturated carbocycles. The highest BCUT2D eigenvalue weighted by Gasteiger charge is 2.33. The second-order valence-electron chi connectivity index (χ2n) is 5.23. The van der Waals surface area contributed by atoms with Gasteiger partial charge in [-0.2, -0.15) is 0 Å². The van der Waals surface area contributed by atoms with Crippen molar-refractivity contribution >= 4 is 40.9 Å². The number of carbonyl (C=O) groups is 2. The van der Waals surface area contributed by atoms with Crippen molar-refractivity contribution in [3.05, 3.63) is 83.7 Å². The van der Waals surface area contributed by atoms with Crippen molar-refractivity contribution < 1.29 is 14.0 Å². The molecule has 6 heteroatoms. The van der Waals surface area contributed by atoms with Crippen LogP contribution in [0.15, 0.2) is 72.3 Å². The minimum absolute atomic E-state index is 0.0363. The fourth-order valence-electron chi connectivity index (χ4n) is 2.32. The molecule has 1 heterocycles. The summed E-state index contributed by atoms with van der Waals surface area (Å²) in [5.74, 6) is -1.55. The van der Waals surface area contributed by atoms with E-state index in [1.165, 1.54) is 35.2 Å². The predicted molar refractivity (Wildman–Crippen MR) is 98.2 cm³/mol. The Morgan fingerprint density at radius 2 is 1.68 bits per heavy atom. The van der Waals surface area contributed by atoms with E-state index < -0.39 is 17.6 Å². The molecule has 0 aromatic heterocycles. The minimum atomic E-state index is -0.564. The zero-order chi connectivity index (χ0) is 17.8. The maximum atomic E-state index is 13.1. The molecule has 25 heavy (non-hydrogen) atoms. The van der Waals surface area contributed by atoms with E-state index in [-0.39, 0.29) is 10.7 Å². The van der Waals surface area contributed by atoms with E-state index in [1.807, 2.05) is 30.3 Å². The molecule has 1 fully saturated rings. The summed E-state index contributed by atoms with van der Waals surface area (Å²) < 4.78 is 13.1. The molecule has 2 amide bonds. The van der Waals surface area contributed by atoms with Crippen LogP contribution in [-0.4, -0.2) is 16.9 Å². The Labute approximate surface area is 149 Å². The van der Waals surface area contributed by atoms with E-state index in [1.54, 1.807) is 12.2 Å². The Morgan fingerprint density at radius 3 is 2.36 bits per heavy atom. The Balaban J connectivity index is 1.88. The van der Waals surface area contributed by atoms with Gasteiger partial charge < -0.3 is 0 Å². The number of nitrogens with zero attached hydrogens (tertiary/aromatic N) is 1. The summed E-state index contributed by atoms with van der Waals surface area (Å²) in [6.07, 6.45) is 4.84. The standard InChI is InChI=1S/C19H13FN2O2S/c20-14-9-11-15(12-10-14)22-18(24)16(17(23)21-19(22)25)8-4-7-13-5-2-1-3-6-13/h1-12H,(H,21,23,25)/b7-4-,16-8-. The van der Waals surface area contributed by atoms with Gasteiger partial charge in [-0.15, -0.1) is 0 Å². The Kier molecular flexibility index (Phi) is 4.81. The molecule has 2 aromatic rings. The van der Waals surface area contributed by atoms with E-state index in [0.717, 1.165) is 5.56 Å². The zero-order valence-corrected chi connectivity index (χ0v) is 13.8. The van der Waals surface area contributed by atoms with Gasteiger partial charge in [0.1, 0.15) is 11.4 Å². The van der Waals surface area contributed by atoms with Gasteiger partial charge in [-0.25, -0.2) is 4.39 Å². The lowest BCUT2D eigenvalue weighted by molar-refractivity contribution is -0.122. The van der Waals surface area contributed by atoms with Crippen molar-refractivity contribution in [2.75, 3.05) is 4.90 Å². The first-order valence-corrected chi connectivity index (χ1v) is 7.86. The number of amides is 2. The lowest BCUT2D eigenvalue weighted by atomic mass is 10.1. The Hall–Kier alpha value is -3.12. The van der Waals surface area contributed by atoms with Gasteiger partial charge in [0.05, 0.1) is 5.69 Å². The molecule has 0 unspecified atom stereocenters. The Morgan fingerprint density at radius 1 is 1.00 bits per heavy atom. The van der Waals surface area contributed by atoms with Gasteiger partial charge in [0.15, 0.2) is 5.11 Å². The van der Waals surface area contributed by atoms with Crippen molar-refractivity contribution in [1.82, 2.24) is 5.32 Å². The van der Waals surface area contributed by atoms with Crippen molar-refractivity contribution in [3.8, 4) is 0 Å². The average Bonchev–Trinajstić information content (AvgIpc) is 2.60. The summed E-state index contributed by atoms with van der Waals surface area (Å²) in [5, 5.41) is 2.44. The summed E-state index contributed by atoms with van der Waals surface area (Å²) >= 11 is 5.07. The van der Waals surface area contributed by atoms with Crippen LogP contribution in [0, 0.1) is 5.82 Å². The second-order valence-corrected chi connectivity index (χ2v) is 5.61. The molecule has 0 spiro atoms. The summed E-state index contributed by atoms with van der Waals surface area (Å²) in [7, 11) is 0. The lowest BCUT2D eigenvalue weighted by Gasteiger charge is -2.28. The quantitative estimate of drug-likeness (QED) is 0.524. The van der Waals surface area contributed by atoms with Gasteiger partial charge in [-0.05, 0) is 48.1 Å². The smallest absolute Gasteiger partial charge is 0.270 e. The monoisotopic (exact) mass is 352 g/mol. The van der Waals surface area contributed by atoms with E-state index in [0.29, 0.717) is 5.69 Å². The van der Waals surface area contributed by atoms with Crippen LogP contribution in [0.5, 0.6) is 0 Å². The third-order valence-electron chi connectivity index (χ3n) is 3.54. The minimum Gasteiger partial charge on any atom is -0.298 e. The van der Waals surface area contributed by atoms with Crippen LogP contribution in [0.2, 0.25) is 0 Å². The van der Waals surface area contributed by atoms with Crippen LogP contribution in [0.3, 0.4) is 0 Å². The van der Waals surface area contributed by atoms with Crippen LogP contribution in [0.25, 0.3) is 6.08 Å². The number of hydrogen-bond acceptors (Lipinski definition) is 3. The van der Waals surface area contributed by atoms with Crippen LogP contribution in [-0.2, 0) is 9.59 Å². The zero-order valence-electron chi connectivity index (χ0n) is 13.0. The highest BCUT2D eigenvalue weighted by atomic mass is 32.1. The van der Waals surface area contributed by atoms with Crippen molar-refractivity contribution in [1.29, 1.82) is 0 Å². The van der Waals surface area contributed by atoms with E-state index in [2.05, 4.69) is 5.32 Å². The molecule has 2 aromatic carbocycles. The van der Waals surface area contributed by atoms with Crippen LogP contribution in [0.1, 0.15) is 5.56 Å². The highest BCUT2D eigenvalue weighted by molar-refractivity contribution is 7.80. The molecule has 124 valence electrons. The maximum Gasteiger partial charge on any atom is 0.270 e. The molecule has 0 aliphatic carbocycles. The van der Waals surface area contributed by atoms with Gasteiger partial charge in [-0.1, -0.05) is 42.5 Å². The second kappa shape index (κ2) is 7.19. The summed E-state index contributed by atoms with van der Waals surface area (Å²) in [6.45, 7) is 0. The molecule has 3 rings (SSSR count). The molecular weight excluding hydrogens is 339 g/mol. The maximum absolute atomic E-state index is 13.1. The van der Waals surface area contributed by atoms with Crippen molar-refractivity contribution in [2.45, 2.75) is 0 Å². The first kappa shape index (κ1) is 16.7. The SMILES string of the molecule is O=C1NC(=S)N(c2ccc(F)cc2)C(=O)/C1=C\C=C/c1ccccc1. The summed E-state index contributed by atoms with van der Waals surface area (Å²) in [4.78, 5) is 25.9. The molecule has 4 nitrogen and oxygen atoms in total. The average molecular weight is 352 g/mol. The molecule has 1 aliphatic heterocycles. The molecular formula is C19H13FN2O2S. The van der Waals surface area contributed by atoms with Crippen LogP contribution >= 0.6 is 12.2 Å². The van der Waals surface area contributed by atoms with Gasteiger partial charge in [-0.3, -0.25) is 19.8 Å². The van der Waals surface area contributed by atoms with Gasteiger partial charge >= 0.3 is 0 Å². The summed E-state index contributed by atoms with van der Waals surface area (Å²) in [6, 6.07) is 14.8. The molecule has 1 N–H and O–H groups in total. The van der Waals surface area contributed by atoms with Crippen LogP contribution in [0.4, 0.5) is 10.1 Å². The number of halogens is 1. The molecule has 0 radical (unpaired) electrons. The number of rotatable bonds is 3. The molecule has 0 bridgehead atoms. The molecule has 0 atom stereocenters. The van der Waals surface area contributed by atoms with Gasteiger partial charge in [0.25, 0.3) is 11.8 Å². The number of hydrogen-bond donors (Lipinski definition) is 1. The largest absolute Gasteiger partial charge is 0.298 e. The van der Waals surface area contributed by atoms with Crippen molar-refractivity contribution in [2.24, 2.45) is 0 Å². The number of anilines is 1. The lowest BCUT2D eigenvalue weighted by Crippen LogP contribution is -2.54. The fraction of sp³-hybridized carbons (Fsp3) is 0. The third kappa shape index (κ3) is 3.70. The fourth-order valence-corrected chi connectivity index (χ4v) is 2.60. The number of benzene rings is 2. The first-order chi connectivity index (χ1) is 12.1. The molecule has 1 aliphatic rings. The normalized spacial score (nSPS) is 16.6. The Bertz CT molecular complexity index is 889. The number of allylic oxidation sites excluding steroid dienone is 2. The van der Waals surface area contributed by atoms with Crippen LogP contribution < -0.4 is 10.2 Å². The predicted octanol–water partition coefficient (Wildman–Crippen LogP) is 3.21. The summed E-state index contributed by atoms with van der Waals surface area (Å²) in [5.41, 5.74) is 1.27. The van der Waals surface area contributed by atoms with Crippen molar-refractivity contribution in [3.63, 3.8) is 0 Å². The molecule has 1 saturated heterocycles.